The van der Waals surface area contributed by atoms with Crippen LogP contribution in [-0.4, -0.2) is 19.1 Å². The lowest BCUT2D eigenvalue weighted by atomic mass is 10.1. The number of unbranched alkanes of at least 4 members (excludes halogenated alkanes) is 2. The van der Waals surface area contributed by atoms with E-state index in [0.717, 1.165) is 47.2 Å². The fourth-order valence-corrected chi connectivity index (χ4v) is 2.60. The van der Waals surface area contributed by atoms with E-state index < -0.39 is 0 Å². The Bertz CT molecular complexity index is 409. The molecular weight excluding hydrogens is 306 g/mol. The maximum atomic E-state index is 11.6. The number of carbonyl (C=O) groups excluding carboxylic acids is 1. The van der Waals surface area contributed by atoms with Crippen molar-refractivity contribution in [3.8, 4) is 5.75 Å². The molecule has 0 aliphatic rings. The Morgan fingerprint density at radius 2 is 1.89 bits per heavy atom. The van der Waals surface area contributed by atoms with Gasteiger partial charge in [-0.25, -0.2) is 0 Å². The lowest BCUT2D eigenvalue weighted by Gasteiger charge is -2.12. The molecule has 3 nitrogen and oxygen atoms in total. The van der Waals surface area contributed by atoms with Gasteiger partial charge in [-0.15, -0.1) is 0 Å². The summed E-state index contributed by atoms with van der Waals surface area (Å²) < 4.78 is 6.64. The maximum Gasteiger partial charge on any atom is 0.257 e. The highest BCUT2D eigenvalue weighted by molar-refractivity contribution is 9.10. The second-order valence-corrected chi connectivity index (χ2v) is 5.63. The molecule has 0 saturated heterocycles. The Morgan fingerprint density at radius 3 is 2.47 bits per heavy atom. The molecule has 0 fully saturated rings. The van der Waals surface area contributed by atoms with Gasteiger partial charge >= 0.3 is 0 Å². The largest absolute Gasteiger partial charge is 0.483 e. The van der Waals surface area contributed by atoms with E-state index in [1.54, 1.807) is 0 Å². The standard InChI is InChI=1S/C15H22BrNO2/c1-4-5-6-7-17-14(18)10-19-15-11(2)8-13(16)9-12(15)3/h8-9H,4-7,10H2,1-3H3,(H,17,18). The Balaban J connectivity index is 2.42. The molecule has 1 rings (SSSR count). The first-order valence-corrected chi connectivity index (χ1v) is 7.50. The number of amides is 1. The molecule has 0 spiro atoms. The van der Waals surface area contributed by atoms with Gasteiger partial charge in [-0.1, -0.05) is 35.7 Å². The third kappa shape index (κ3) is 5.64. The minimum Gasteiger partial charge on any atom is -0.483 e. The van der Waals surface area contributed by atoms with E-state index in [-0.39, 0.29) is 12.5 Å². The van der Waals surface area contributed by atoms with Crippen molar-refractivity contribution in [3.05, 3.63) is 27.7 Å². The molecule has 1 aromatic rings. The molecule has 106 valence electrons. The van der Waals surface area contributed by atoms with Gasteiger partial charge in [0.05, 0.1) is 0 Å². The Hall–Kier alpha value is -1.03. The first kappa shape index (κ1) is 16.0. The molecule has 0 aliphatic heterocycles. The first-order chi connectivity index (χ1) is 9.04. The van der Waals surface area contributed by atoms with Crippen LogP contribution >= 0.6 is 15.9 Å². The molecule has 0 bridgehead atoms. The monoisotopic (exact) mass is 327 g/mol. The molecule has 0 unspecified atom stereocenters. The summed E-state index contributed by atoms with van der Waals surface area (Å²) in [4.78, 5) is 11.6. The van der Waals surface area contributed by atoms with Crippen LogP contribution in [0, 0.1) is 13.8 Å². The molecule has 0 aliphatic carbocycles. The van der Waals surface area contributed by atoms with Gasteiger partial charge in [-0.3, -0.25) is 4.79 Å². The van der Waals surface area contributed by atoms with E-state index in [1.165, 1.54) is 0 Å². The van der Waals surface area contributed by atoms with E-state index >= 15 is 0 Å². The Morgan fingerprint density at radius 1 is 1.26 bits per heavy atom. The number of aryl methyl sites for hydroxylation is 2. The second-order valence-electron chi connectivity index (χ2n) is 4.71. The normalized spacial score (nSPS) is 10.3. The summed E-state index contributed by atoms with van der Waals surface area (Å²) in [6.45, 7) is 6.91. The summed E-state index contributed by atoms with van der Waals surface area (Å²) in [7, 11) is 0. The SMILES string of the molecule is CCCCCNC(=O)COc1c(C)cc(Br)cc1C. The number of ether oxygens (including phenoxy) is 1. The zero-order valence-corrected chi connectivity index (χ0v) is 13.5. The summed E-state index contributed by atoms with van der Waals surface area (Å²) >= 11 is 3.44. The fourth-order valence-electron chi connectivity index (χ4n) is 1.92. The van der Waals surface area contributed by atoms with Crippen LogP contribution in [0.1, 0.15) is 37.3 Å². The quantitative estimate of drug-likeness (QED) is 0.774. The van der Waals surface area contributed by atoms with Gasteiger partial charge in [-0.05, 0) is 43.5 Å². The van der Waals surface area contributed by atoms with E-state index in [0.29, 0.717) is 0 Å². The number of carbonyl (C=O) groups is 1. The van der Waals surface area contributed by atoms with Gasteiger partial charge in [-0.2, -0.15) is 0 Å². The average Bonchev–Trinajstić information content (AvgIpc) is 2.33. The van der Waals surface area contributed by atoms with Gasteiger partial charge < -0.3 is 10.1 Å². The maximum absolute atomic E-state index is 11.6. The smallest absolute Gasteiger partial charge is 0.257 e. The minimum absolute atomic E-state index is 0.0576. The summed E-state index contributed by atoms with van der Waals surface area (Å²) in [5, 5.41) is 2.86. The van der Waals surface area contributed by atoms with Crippen molar-refractivity contribution in [1.82, 2.24) is 5.32 Å². The van der Waals surface area contributed by atoms with Crippen LogP contribution in [0.15, 0.2) is 16.6 Å². The number of hydrogen-bond donors (Lipinski definition) is 1. The van der Waals surface area contributed by atoms with Gasteiger partial charge in [0.2, 0.25) is 0 Å². The predicted octanol–water partition coefficient (Wildman–Crippen LogP) is 3.75. The molecule has 0 aromatic heterocycles. The molecule has 1 amide bonds. The predicted molar refractivity (Wildman–Crippen MR) is 81.6 cm³/mol. The molecule has 0 radical (unpaired) electrons. The van der Waals surface area contributed by atoms with Gasteiger partial charge in [0.1, 0.15) is 5.75 Å². The third-order valence-electron chi connectivity index (χ3n) is 2.88. The lowest BCUT2D eigenvalue weighted by molar-refractivity contribution is -0.123. The summed E-state index contributed by atoms with van der Waals surface area (Å²) in [6.07, 6.45) is 3.33. The highest BCUT2D eigenvalue weighted by Gasteiger charge is 2.08. The summed E-state index contributed by atoms with van der Waals surface area (Å²) in [5.41, 5.74) is 2.07. The molecule has 19 heavy (non-hydrogen) atoms. The average molecular weight is 328 g/mol. The van der Waals surface area contributed by atoms with Crippen molar-refractivity contribution in [2.24, 2.45) is 0 Å². The van der Waals surface area contributed by atoms with Gasteiger partial charge in [0, 0.05) is 11.0 Å². The number of nitrogens with one attached hydrogen (secondary N) is 1. The fraction of sp³-hybridized carbons (Fsp3) is 0.533. The van der Waals surface area contributed by atoms with E-state index in [1.807, 2.05) is 26.0 Å². The Labute approximate surface area is 123 Å². The zero-order valence-electron chi connectivity index (χ0n) is 11.9. The summed E-state index contributed by atoms with van der Waals surface area (Å²) in [5.74, 6) is 0.740. The third-order valence-corrected chi connectivity index (χ3v) is 3.33. The lowest BCUT2D eigenvalue weighted by Crippen LogP contribution is -2.29. The molecule has 4 heteroatoms. The van der Waals surface area contributed by atoms with Crippen LogP contribution in [0.4, 0.5) is 0 Å². The van der Waals surface area contributed by atoms with Crippen LogP contribution in [0.2, 0.25) is 0 Å². The van der Waals surface area contributed by atoms with E-state index in [4.69, 9.17) is 4.74 Å². The highest BCUT2D eigenvalue weighted by atomic mass is 79.9. The molecule has 0 heterocycles. The van der Waals surface area contributed by atoms with Crippen molar-refractivity contribution in [2.45, 2.75) is 40.0 Å². The number of benzene rings is 1. The van der Waals surface area contributed by atoms with Crippen molar-refractivity contribution < 1.29 is 9.53 Å². The van der Waals surface area contributed by atoms with Crippen molar-refractivity contribution in [3.63, 3.8) is 0 Å². The van der Waals surface area contributed by atoms with E-state index in [2.05, 4.69) is 28.2 Å². The summed E-state index contributed by atoms with van der Waals surface area (Å²) in [6, 6.07) is 3.98. The van der Waals surface area contributed by atoms with Crippen LogP contribution in [-0.2, 0) is 4.79 Å². The molecule has 0 saturated carbocycles. The van der Waals surface area contributed by atoms with Crippen LogP contribution in [0.3, 0.4) is 0 Å². The Kier molecular flexibility index (Phi) is 6.92. The van der Waals surface area contributed by atoms with E-state index in [9.17, 15) is 4.79 Å². The van der Waals surface area contributed by atoms with Crippen molar-refractivity contribution >= 4 is 21.8 Å². The first-order valence-electron chi connectivity index (χ1n) is 6.70. The number of rotatable bonds is 7. The number of hydrogen-bond acceptors (Lipinski definition) is 2. The van der Waals surface area contributed by atoms with Gasteiger partial charge in [0.15, 0.2) is 6.61 Å². The molecular formula is C15H22BrNO2. The topological polar surface area (TPSA) is 38.3 Å². The minimum atomic E-state index is -0.0576. The van der Waals surface area contributed by atoms with Crippen LogP contribution in [0.25, 0.3) is 0 Å². The van der Waals surface area contributed by atoms with Gasteiger partial charge in [0.25, 0.3) is 5.91 Å². The van der Waals surface area contributed by atoms with Crippen molar-refractivity contribution in [2.75, 3.05) is 13.2 Å². The molecule has 1 N–H and O–H groups in total. The van der Waals surface area contributed by atoms with Crippen LogP contribution in [0.5, 0.6) is 5.75 Å². The zero-order chi connectivity index (χ0) is 14.3. The molecule has 0 atom stereocenters. The second kappa shape index (κ2) is 8.20. The molecule has 1 aromatic carbocycles. The number of halogens is 1. The van der Waals surface area contributed by atoms with Crippen LogP contribution < -0.4 is 10.1 Å². The highest BCUT2D eigenvalue weighted by Crippen LogP contribution is 2.27. The van der Waals surface area contributed by atoms with Crippen molar-refractivity contribution in [1.29, 1.82) is 0 Å².